The standard InChI is InChI=1S/C21H15ClF4N2O3S/c1-9-7-15(28-19(29)16-12(21(24,25)26)3-2-4-13(16)22)18(32-9)17(27)11-6-5-10(20(30)31)8-14(11)23/h2-6,8-9,27H,7H2,1H3,(H,28,29)(H,30,31). The zero-order valence-electron chi connectivity index (χ0n) is 16.3. The monoisotopic (exact) mass is 486 g/mol. The van der Waals surface area contributed by atoms with Gasteiger partial charge >= 0.3 is 12.1 Å². The van der Waals surface area contributed by atoms with Gasteiger partial charge < -0.3 is 10.4 Å². The van der Waals surface area contributed by atoms with Crippen molar-refractivity contribution in [1.29, 1.82) is 5.41 Å². The van der Waals surface area contributed by atoms with Crippen LogP contribution in [0.4, 0.5) is 17.6 Å². The van der Waals surface area contributed by atoms with Gasteiger partial charge in [0.2, 0.25) is 0 Å². The predicted octanol–water partition coefficient (Wildman–Crippen LogP) is 5.73. The lowest BCUT2D eigenvalue weighted by atomic mass is 10.0. The summed E-state index contributed by atoms with van der Waals surface area (Å²) in [5, 5.41) is 19.2. The number of carboxylic acids is 1. The van der Waals surface area contributed by atoms with Crippen molar-refractivity contribution < 1.29 is 32.3 Å². The minimum Gasteiger partial charge on any atom is -0.478 e. The highest BCUT2D eigenvalue weighted by Crippen LogP contribution is 2.40. The Morgan fingerprint density at radius 2 is 1.94 bits per heavy atom. The summed E-state index contributed by atoms with van der Waals surface area (Å²) in [4.78, 5) is 23.9. The Hall–Kier alpha value is -2.85. The first kappa shape index (κ1) is 23.8. The first-order valence-electron chi connectivity index (χ1n) is 9.09. The Morgan fingerprint density at radius 1 is 1.25 bits per heavy atom. The Labute approximate surface area is 189 Å². The van der Waals surface area contributed by atoms with Crippen LogP contribution < -0.4 is 5.32 Å². The van der Waals surface area contributed by atoms with E-state index in [0.29, 0.717) is 0 Å². The van der Waals surface area contributed by atoms with Crippen LogP contribution in [-0.4, -0.2) is 27.9 Å². The van der Waals surface area contributed by atoms with Gasteiger partial charge in [0, 0.05) is 22.9 Å². The number of hydrogen-bond donors (Lipinski definition) is 3. The Kier molecular flexibility index (Phi) is 6.66. The third-order valence-corrected chi connectivity index (χ3v) is 6.18. The number of carboxylic acid groups (broad SMARTS) is 1. The van der Waals surface area contributed by atoms with Gasteiger partial charge in [0.05, 0.1) is 32.3 Å². The van der Waals surface area contributed by atoms with Crippen LogP contribution in [0.3, 0.4) is 0 Å². The molecule has 0 saturated heterocycles. The summed E-state index contributed by atoms with van der Waals surface area (Å²) < 4.78 is 54.5. The number of nitrogens with one attached hydrogen (secondary N) is 2. The molecule has 1 aliphatic rings. The summed E-state index contributed by atoms with van der Waals surface area (Å²) >= 11 is 7.03. The van der Waals surface area contributed by atoms with Crippen LogP contribution in [0.25, 0.3) is 0 Å². The summed E-state index contributed by atoms with van der Waals surface area (Å²) in [7, 11) is 0. The maximum atomic E-state index is 14.4. The van der Waals surface area contributed by atoms with Crippen LogP contribution in [0.2, 0.25) is 5.02 Å². The number of carbonyl (C=O) groups excluding carboxylic acids is 1. The number of allylic oxidation sites excluding steroid dienone is 2. The van der Waals surface area contributed by atoms with E-state index in [1.165, 1.54) is 0 Å². The SMILES string of the molecule is CC1CC(NC(=O)c2c(Cl)cccc2C(F)(F)F)=C(C(=N)c2ccc(C(=O)O)cc2F)S1. The third kappa shape index (κ3) is 4.81. The number of thioether (sulfide) groups is 1. The molecule has 0 saturated carbocycles. The van der Waals surface area contributed by atoms with Gasteiger partial charge in [0.25, 0.3) is 5.91 Å². The van der Waals surface area contributed by atoms with Crippen LogP contribution in [0.5, 0.6) is 0 Å². The average molecular weight is 487 g/mol. The molecule has 11 heteroatoms. The van der Waals surface area contributed by atoms with E-state index in [2.05, 4.69) is 5.32 Å². The molecule has 1 amide bonds. The zero-order chi connectivity index (χ0) is 23.8. The molecule has 5 nitrogen and oxygen atoms in total. The largest absolute Gasteiger partial charge is 0.478 e. The minimum atomic E-state index is -4.81. The molecule has 0 bridgehead atoms. The minimum absolute atomic E-state index is 0.143. The fraction of sp³-hybridized carbons (Fsp3) is 0.190. The van der Waals surface area contributed by atoms with E-state index in [0.717, 1.165) is 48.2 Å². The molecule has 168 valence electrons. The second-order valence-corrected chi connectivity index (χ2v) is 8.79. The molecule has 1 aliphatic heterocycles. The quantitative estimate of drug-likeness (QED) is 0.372. The van der Waals surface area contributed by atoms with Gasteiger partial charge in [-0.25, -0.2) is 9.18 Å². The molecular weight excluding hydrogens is 472 g/mol. The fourth-order valence-electron chi connectivity index (χ4n) is 3.18. The number of alkyl halides is 3. The average Bonchev–Trinajstić information content (AvgIpc) is 3.06. The molecule has 0 aliphatic carbocycles. The van der Waals surface area contributed by atoms with Crippen molar-refractivity contribution in [2.45, 2.75) is 24.8 Å². The molecule has 1 atom stereocenters. The Morgan fingerprint density at radius 3 is 2.53 bits per heavy atom. The second-order valence-electron chi connectivity index (χ2n) is 6.93. The van der Waals surface area contributed by atoms with E-state index >= 15 is 0 Å². The summed E-state index contributed by atoms with van der Waals surface area (Å²) in [6.45, 7) is 1.78. The Balaban J connectivity index is 1.98. The molecule has 1 unspecified atom stereocenters. The van der Waals surface area contributed by atoms with Gasteiger partial charge in [-0.15, -0.1) is 11.8 Å². The molecule has 2 aromatic rings. The topological polar surface area (TPSA) is 90.3 Å². The number of halogens is 5. The van der Waals surface area contributed by atoms with Crippen LogP contribution in [-0.2, 0) is 6.18 Å². The molecule has 0 aromatic heterocycles. The molecule has 0 fully saturated rings. The predicted molar refractivity (Wildman–Crippen MR) is 113 cm³/mol. The van der Waals surface area contributed by atoms with Crippen molar-refractivity contribution in [3.8, 4) is 0 Å². The highest BCUT2D eigenvalue weighted by Gasteiger charge is 2.37. The van der Waals surface area contributed by atoms with E-state index in [-0.39, 0.29) is 44.1 Å². The van der Waals surface area contributed by atoms with E-state index in [4.69, 9.17) is 22.1 Å². The van der Waals surface area contributed by atoms with E-state index in [1.807, 2.05) is 0 Å². The number of rotatable bonds is 5. The molecular formula is C21H15ClF4N2O3S. The lowest BCUT2D eigenvalue weighted by Gasteiger charge is -2.15. The normalized spacial score (nSPS) is 16.2. The van der Waals surface area contributed by atoms with Crippen LogP contribution >= 0.6 is 23.4 Å². The summed E-state index contributed by atoms with van der Waals surface area (Å²) in [5.74, 6) is -3.38. The first-order valence-corrected chi connectivity index (χ1v) is 10.3. The van der Waals surface area contributed by atoms with Crippen molar-refractivity contribution in [1.82, 2.24) is 5.32 Å². The number of hydrogen-bond acceptors (Lipinski definition) is 4. The molecule has 0 radical (unpaired) electrons. The summed E-state index contributed by atoms with van der Waals surface area (Å²) in [6, 6.07) is 6.02. The number of carbonyl (C=O) groups is 2. The number of aromatic carboxylic acids is 1. The fourth-order valence-corrected chi connectivity index (χ4v) is 4.59. The van der Waals surface area contributed by atoms with Crippen molar-refractivity contribution in [2.24, 2.45) is 0 Å². The van der Waals surface area contributed by atoms with Gasteiger partial charge in [0.15, 0.2) is 0 Å². The number of benzene rings is 2. The van der Waals surface area contributed by atoms with E-state index in [1.54, 1.807) is 6.92 Å². The van der Waals surface area contributed by atoms with Gasteiger partial charge in [-0.3, -0.25) is 10.2 Å². The highest BCUT2D eigenvalue weighted by atomic mass is 35.5. The smallest absolute Gasteiger partial charge is 0.417 e. The number of amides is 1. The molecule has 2 aromatic carbocycles. The summed E-state index contributed by atoms with van der Waals surface area (Å²) in [5.41, 5.74) is -2.61. The molecule has 3 N–H and O–H groups in total. The van der Waals surface area contributed by atoms with Crippen LogP contribution in [0.1, 0.15) is 45.2 Å². The van der Waals surface area contributed by atoms with E-state index in [9.17, 15) is 27.2 Å². The maximum Gasteiger partial charge on any atom is 0.417 e. The zero-order valence-corrected chi connectivity index (χ0v) is 17.9. The Bertz CT molecular complexity index is 1160. The maximum absolute atomic E-state index is 14.4. The molecule has 3 rings (SSSR count). The summed E-state index contributed by atoms with van der Waals surface area (Å²) in [6.07, 6.45) is -4.59. The van der Waals surface area contributed by atoms with Crippen molar-refractivity contribution >= 4 is 41.0 Å². The second kappa shape index (κ2) is 8.95. The molecule has 32 heavy (non-hydrogen) atoms. The van der Waals surface area contributed by atoms with Gasteiger partial charge in [-0.2, -0.15) is 13.2 Å². The lowest BCUT2D eigenvalue weighted by molar-refractivity contribution is -0.137. The van der Waals surface area contributed by atoms with Gasteiger partial charge in [-0.05, 0) is 30.3 Å². The molecule has 0 spiro atoms. The van der Waals surface area contributed by atoms with Gasteiger partial charge in [0.1, 0.15) is 5.82 Å². The van der Waals surface area contributed by atoms with Crippen LogP contribution in [0, 0.1) is 11.2 Å². The molecule has 1 heterocycles. The lowest BCUT2D eigenvalue weighted by Crippen LogP contribution is -2.27. The van der Waals surface area contributed by atoms with Crippen molar-refractivity contribution in [2.75, 3.05) is 0 Å². The van der Waals surface area contributed by atoms with E-state index < -0.39 is 35.0 Å². The van der Waals surface area contributed by atoms with Crippen molar-refractivity contribution in [3.63, 3.8) is 0 Å². The van der Waals surface area contributed by atoms with Gasteiger partial charge in [-0.1, -0.05) is 24.6 Å². The van der Waals surface area contributed by atoms with Crippen LogP contribution in [0.15, 0.2) is 47.0 Å². The third-order valence-electron chi connectivity index (χ3n) is 4.61. The highest BCUT2D eigenvalue weighted by molar-refractivity contribution is 8.04. The van der Waals surface area contributed by atoms with Crippen molar-refractivity contribution in [3.05, 3.63) is 80.1 Å². The first-order chi connectivity index (χ1) is 14.9.